The van der Waals surface area contributed by atoms with E-state index in [4.69, 9.17) is 0 Å². The second-order valence-corrected chi connectivity index (χ2v) is 6.91. The molecule has 3 heteroatoms. The smallest absolute Gasteiger partial charge is 0.0900 e. The van der Waals surface area contributed by atoms with Gasteiger partial charge in [0, 0.05) is 30.9 Å². The van der Waals surface area contributed by atoms with Crippen LogP contribution in [0.25, 0.3) is 0 Å². The molecular formula is C12H20N2S. The van der Waals surface area contributed by atoms with E-state index in [1.54, 1.807) is 0 Å². The summed E-state index contributed by atoms with van der Waals surface area (Å²) in [6.07, 6.45) is 1.13. The van der Waals surface area contributed by atoms with Gasteiger partial charge in [0.25, 0.3) is 0 Å². The lowest BCUT2D eigenvalue weighted by Gasteiger charge is -2.32. The van der Waals surface area contributed by atoms with Gasteiger partial charge < -0.3 is 0 Å². The molecule has 0 amide bonds. The summed E-state index contributed by atoms with van der Waals surface area (Å²) in [5.74, 6) is 0. The van der Waals surface area contributed by atoms with E-state index in [0.717, 1.165) is 13.0 Å². The molecule has 0 radical (unpaired) electrons. The van der Waals surface area contributed by atoms with Crippen LogP contribution in [-0.4, -0.2) is 23.0 Å². The summed E-state index contributed by atoms with van der Waals surface area (Å²) in [6.45, 7) is 12.5. The SMILES string of the molecule is Cc1nc2c(s1)CN(CC(C)(C)C)CC2. The predicted molar refractivity (Wildman–Crippen MR) is 65.3 cm³/mol. The normalized spacial score (nSPS) is 17.9. The summed E-state index contributed by atoms with van der Waals surface area (Å²) in [5.41, 5.74) is 1.75. The van der Waals surface area contributed by atoms with E-state index >= 15 is 0 Å². The van der Waals surface area contributed by atoms with Crippen molar-refractivity contribution in [3.8, 4) is 0 Å². The van der Waals surface area contributed by atoms with Crippen molar-refractivity contribution in [2.24, 2.45) is 5.41 Å². The zero-order valence-electron chi connectivity index (χ0n) is 10.1. The Morgan fingerprint density at radius 3 is 2.80 bits per heavy atom. The number of thiazole rings is 1. The third-order valence-electron chi connectivity index (χ3n) is 2.62. The molecule has 0 unspecified atom stereocenters. The molecule has 0 bridgehead atoms. The fourth-order valence-electron chi connectivity index (χ4n) is 2.18. The Hall–Kier alpha value is -0.410. The molecule has 0 N–H and O–H groups in total. The van der Waals surface area contributed by atoms with Crippen LogP contribution in [0.2, 0.25) is 0 Å². The molecule has 2 heterocycles. The maximum atomic E-state index is 4.57. The van der Waals surface area contributed by atoms with Gasteiger partial charge in [-0.15, -0.1) is 11.3 Å². The quantitative estimate of drug-likeness (QED) is 0.729. The molecule has 15 heavy (non-hydrogen) atoms. The van der Waals surface area contributed by atoms with Crippen LogP contribution in [0.1, 0.15) is 36.3 Å². The third-order valence-corrected chi connectivity index (χ3v) is 3.61. The van der Waals surface area contributed by atoms with Crippen LogP contribution in [-0.2, 0) is 13.0 Å². The Bertz CT molecular complexity index is 349. The molecular weight excluding hydrogens is 204 g/mol. The van der Waals surface area contributed by atoms with Crippen LogP contribution in [0, 0.1) is 12.3 Å². The third kappa shape index (κ3) is 2.79. The molecule has 1 aromatic heterocycles. The first-order chi connectivity index (χ1) is 6.94. The number of nitrogens with zero attached hydrogens (tertiary/aromatic N) is 2. The van der Waals surface area contributed by atoms with Gasteiger partial charge in [0.2, 0.25) is 0 Å². The lowest BCUT2D eigenvalue weighted by molar-refractivity contribution is 0.178. The Kier molecular flexibility index (Phi) is 2.86. The molecule has 0 saturated carbocycles. The predicted octanol–water partition coefficient (Wildman–Crippen LogP) is 2.86. The van der Waals surface area contributed by atoms with Crippen molar-refractivity contribution in [3.05, 3.63) is 15.6 Å². The van der Waals surface area contributed by atoms with Gasteiger partial charge >= 0.3 is 0 Å². The number of aryl methyl sites for hydroxylation is 1. The van der Waals surface area contributed by atoms with Crippen molar-refractivity contribution < 1.29 is 0 Å². The lowest BCUT2D eigenvalue weighted by atomic mass is 9.95. The molecule has 1 aliphatic heterocycles. The summed E-state index contributed by atoms with van der Waals surface area (Å²) in [7, 11) is 0. The van der Waals surface area contributed by atoms with Crippen LogP contribution in [0.15, 0.2) is 0 Å². The van der Waals surface area contributed by atoms with Gasteiger partial charge in [-0.2, -0.15) is 0 Å². The molecule has 0 saturated heterocycles. The van der Waals surface area contributed by atoms with Crippen molar-refractivity contribution in [2.45, 2.75) is 40.7 Å². The summed E-state index contributed by atoms with van der Waals surface area (Å²) in [5, 5.41) is 1.22. The van der Waals surface area contributed by atoms with Gasteiger partial charge in [-0.05, 0) is 12.3 Å². The number of rotatable bonds is 1. The van der Waals surface area contributed by atoms with Crippen LogP contribution < -0.4 is 0 Å². The van der Waals surface area contributed by atoms with Gasteiger partial charge in [0.15, 0.2) is 0 Å². The second kappa shape index (κ2) is 3.87. The standard InChI is InChI=1S/C12H20N2S/c1-9-13-10-5-6-14(7-11(10)15-9)8-12(2,3)4/h5-8H2,1-4H3. The average Bonchev–Trinajstić information content (AvgIpc) is 2.40. The molecule has 1 aliphatic rings. The van der Waals surface area contributed by atoms with Crippen LogP contribution in [0.5, 0.6) is 0 Å². The highest BCUT2D eigenvalue weighted by Crippen LogP contribution is 2.26. The first kappa shape index (κ1) is 11.1. The number of fused-ring (bicyclic) bond motifs is 1. The first-order valence-electron chi connectivity index (χ1n) is 5.61. The highest BCUT2D eigenvalue weighted by atomic mass is 32.1. The van der Waals surface area contributed by atoms with E-state index in [0.29, 0.717) is 5.41 Å². The van der Waals surface area contributed by atoms with Crippen LogP contribution in [0.3, 0.4) is 0 Å². The molecule has 0 atom stereocenters. The first-order valence-corrected chi connectivity index (χ1v) is 6.43. The molecule has 0 spiro atoms. The van der Waals surface area contributed by atoms with Crippen molar-refractivity contribution in [1.82, 2.24) is 9.88 Å². The molecule has 0 aliphatic carbocycles. The Morgan fingerprint density at radius 2 is 2.13 bits per heavy atom. The molecule has 0 aromatic carbocycles. The van der Waals surface area contributed by atoms with E-state index in [1.165, 1.54) is 28.7 Å². The number of hydrogen-bond donors (Lipinski definition) is 0. The van der Waals surface area contributed by atoms with Gasteiger partial charge in [0.05, 0.1) is 10.7 Å². The van der Waals surface area contributed by atoms with E-state index in [2.05, 4.69) is 37.6 Å². The van der Waals surface area contributed by atoms with Gasteiger partial charge in [-0.1, -0.05) is 20.8 Å². The van der Waals surface area contributed by atoms with Crippen molar-refractivity contribution in [3.63, 3.8) is 0 Å². The summed E-state index contributed by atoms with van der Waals surface area (Å²) in [6, 6.07) is 0. The van der Waals surface area contributed by atoms with Gasteiger partial charge in [0.1, 0.15) is 0 Å². The highest BCUT2D eigenvalue weighted by Gasteiger charge is 2.23. The maximum absolute atomic E-state index is 4.57. The lowest BCUT2D eigenvalue weighted by Crippen LogP contribution is -2.36. The van der Waals surface area contributed by atoms with Crippen molar-refractivity contribution in [2.75, 3.05) is 13.1 Å². The average molecular weight is 224 g/mol. The zero-order chi connectivity index (χ0) is 11.1. The molecule has 2 nitrogen and oxygen atoms in total. The van der Waals surface area contributed by atoms with E-state index in [-0.39, 0.29) is 0 Å². The van der Waals surface area contributed by atoms with Crippen LogP contribution >= 0.6 is 11.3 Å². The molecule has 2 rings (SSSR count). The zero-order valence-corrected chi connectivity index (χ0v) is 10.9. The topological polar surface area (TPSA) is 16.1 Å². The van der Waals surface area contributed by atoms with E-state index in [1.807, 2.05) is 11.3 Å². The molecule has 0 fully saturated rings. The summed E-state index contributed by atoms with van der Waals surface area (Å²) in [4.78, 5) is 8.62. The van der Waals surface area contributed by atoms with Crippen LogP contribution in [0.4, 0.5) is 0 Å². The Morgan fingerprint density at radius 1 is 1.40 bits per heavy atom. The number of aromatic nitrogens is 1. The molecule has 84 valence electrons. The Balaban J connectivity index is 2.05. The monoisotopic (exact) mass is 224 g/mol. The summed E-state index contributed by atoms with van der Waals surface area (Å²) < 4.78 is 0. The second-order valence-electron chi connectivity index (χ2n) is 5.62. The number of hydrogen-bond acceptors (Lipinski definition) is 3. The van der Waals surface area contributed by atoms with Crippen molar-refractivity contribution >= 4 is 11.3 Å². The van der Waals surface area contributed by atoms with Gasteiger partial charge in [-0.25, -0.2) is 4.98 Å². The van der Waals surface area contributed by atoms with Gasteiger partial charge in [-0.3, -0.25) is 4.90 Å². The summed E-state index contributed by atoms with van der Waals surface area (Å²) >= 11 is 1.87. The minimum absolute atomic E-state index is 0.400. The minimum atomic E-state index is 0.400. The Labute approximate surface area is 96.3 Å². The van der Waals surface area contributed by atoms with E-state index < -0.39 is 0 Å². The maximum Gasteiger partial charge on any atom is 0.0900 e. The fourth-order valence-corrected chi connectivity index (χ4v) is 3.21. The molecule has 1 aromatic rings. The minimum Gasteiger partial charge on any atom is -0.297 e. The highest BCUT2D eigenvalue weighted by molar-refractivity contribution is 7.11. The largest absolute Gasteiger partial charge is 0.297 e. The fraction of sp³-hybridized carbons (Fsp3) is 0.750. The van der Waals surface area contributed by atoms with E-state index in [9.17, 15) is 0 Å². The van der Waals surface area contributed by atoms with Crippen molar-refractivity contribution in [1.29, 1.82) is 0 Å².